The summed E-state index contributed by atoms with van der Waals surface area (Å²) in [6, 6.07) is 6.99. The molecule has 0 unspecified atom stereocenters. The molecule has 0 radical (unpaired) electrons. The fraction of sp³-hybridized carbons (Fsp3) is 0.429. The molecule has 0 spiro atoms. The molecule has 0 aromatic heterocycles. The Bertz CT molecular complexity index is 432. The highest BCUT2D eigenvalue weighted by atomic mass is 16.5. The Hall–Kier alpha value is -1.92. The third-order valence-electron chi connectivity index (χ3n) is 2.50. The average molecular weight is 279 g/mol. The van der Waals surface area contributed by atoms with Gasteiger partial charge in [0, 0.05) is 44.9 Å². The van der Waals surface area contributed by atoms with Gasteiger partial charge in [0.05, 0.1) is 6.61 Å². The third-order valence-corrected chi connectivity index (χ3v) is 2.50. The first kappa shape index (κ1) is 16.1. The fourth-order valence-corrected chi connectivity index (χ4v) is 1.56. The topological polar surface area (TPSA) is 79.5 Å². The van der Waals surface area contributed by atoms with Gasteiger partial charge in [-0.15, -0.1) is 0 Å². The largest absolute Gasteiger partial charge is 0.383 e. The summed E-state index contributed by atoms with van der Waals surface area (Å²) in [6.45, 7) is 3.42. The van der Waals surface area contributed by atoms with Gasteiger partial charge < -0.3 is 20.7 Å². The number of carbonyl (C=O) groups excluding carboxylic acids is 2. The molecule has 3 N–H and O–H groups in total. The highest BCUT2D eigenvalue weighted by Gasteiger charge is 2.02. The van der Waals surface area contributed by atoms with E-state index < -0.39 is 0 Å². The first-order valence-corrected chi connectivity index (χ1v) is 6.49. The number of anilines is 2. The second-order valence-corrected chi connectivity index (χ2v) is 4.30. The Morgan fingerprint density at radius 1 is 1.05 bits per heavy atom. The Balaban J connectivity index is 2.29. The van der Waals surface area contributed by atoms with Crippen LogP contribution >= 0.6 is 0 Å². The lowest BCUT2D eigenvalue weighted by molar-refractivity contribution is -0.116. The van der Waals surface area contributed by atoms with Crippen LogP contribution in [0.1, 0.15) is 13.3 Å². The quantitative estimate of drug-likeness (QED) is 0.625. The Morgan fingerprint density at radius 2 is 1.65 bits per heavy atom. The van der Waals surface area contributed by atoms with Gasteiger partial charge in [0.2, 0.25) is 11.8 Å². The van der Waals surface area contributed by atoms with Crippen LogP contribution in [0.25, 0.3) is 0 Å². The molecule has 110 valence electrons. The summed E-state index contributed by atoms with van der Waals surface area (Å²) in [5.41, 5.74) is 1.41. The third kappa shape index (κ3) is 6.86. The minimum atomic E-state index is -0.121. The molecule has 0 atom stereocenters. The summed E-state index contributed by atoms with van der Waals surface area (Å²) in [4.78, 5) is 22.5. The average Bonchev–Trinajstić information content (AvgIpc) is 2.40. The number of methoxy groups -OCH3 is 1. The van der Waals surface area contributed by atoms with Gasteiger partial charge in [0.1, 0.15) is 0 Å². The monoisotopic (exact) mass is 279 g/mol. The standard InChI is InChI=1S/C14H21N3O3/c1-11(18)16-12-3-5-13(6-4-12)17-14(19)7-8-15-9-10-20-2/h3-6,15H,7-10H2,1-2H3,(H,16,18)(H,17,19). The van der Waals surface area contributed by atoms with Crippen molar-refractivity contribution in [2.75, 3.05) is 37.4 Å². The fourth-order valence-electron chi connectivity index (χ4n) is 1.56. The zero-order valence-electron chi connectivity index (χ0n) is 11.9. The van der Waals surface area contributed by atoms with Crippen molar-refractivity contribution >= 4 is 23.2 Å². The predicted molar refractivity (Wildman–Crippen MR) is 78.7 cm³/mol. The second kappa shape index (κ2) is 9.06. The van der Waals surface area contributed by atoms with Crippen LogP contribution in [-0.2, 0) is 14.3 Å². The number of nitrogens with one attached hydrogen (secondary N) is 3. The summed E-state index contributed by atoms with van der Waals surface area (Å²) < 4.78 is 4.89. The van der Waals surface area contributed by atoms with Gasteiger partial charge in [0.25, 0.3) is 0 Å². The molecule has 0 aliphatic carbocycles. The van der Waals surface area contributed by atoms with E-state index in [2.05, 4.69) is 16.0 Å². The molecule has 0 heterocycles. The number of amides is 2. The van der Waals surface area contributed by atoms with Crippen molar-refractivity contribution in [1.29, 1.82) is 0 Å². The van der Waals surface area contributed by atoms with Crippen molar-refractivity contribution in [2.45, 2.75) is 13.3 Å². The number of ether oxygens (including phenoxy) is 1. The van der Waals surface area contributed by atoms with Crippen LogP contribution in [-0.4, -0.2) is 38.6 Å². The van der Waals surface area contributed by atoms with E-state index in [1.54, 1.807) is 31.4 Å². The van der Waals surface area contributed by atoms with Gasteiger partial charge in [-0.05, 0) is 24.3 Å². The van der Waals surface area contributed by atoms with Crippen LogP contribution in [0, 0.1) is 0 Å². The second-order valence-electron chi connectivity index (χ2n) is 4.30. The van der Waals surface area contributed by atoms with E-state index in [1.807, 2.05) is 0 Å². The molecule has 0 bridgehead atoms. The smallest absolute Gasteiger partial charge is 0.225 e. The maximum absolute atomic E-state index is 11.7. The summed E-state index contributed by atoms with van der Waals surface area (Å²) in [5, 5.41) is 8.56. The maximum Gasteiger partial charge on any atom is 0.225 e. The summed E-state index contributed by atoms with van der Waals surface area (Å²) in [7, 11) is 1.64. The van der Waals surface area contributed by atoms with E-state index in [-0.39, 0.29) is 11.8 Å². The molecular weight excluding hydrogens is 258 g/mol. The van der Waals surface area contributed by atoms with Gasteiger partial charge in [-0.3, -0.25) is 9.59 Å². The van der Waals surface area contributed by atoms with Crippen molar-refractivity contribution in [2.24, 2.45) is 0 Å². The minimum Gasteiger partial charge on any atom is -0.383 e. The minimum absolute atomic E-state index is 0.0535. The van der Waals surface area contributed by atoms with Gasteiger partial charge >= 0.3 is 0 Å². The van der Waals surface area contributed by atoms with Crippen LogP contribution in [0.5, 0.6) is 0 Å². The van der Waals surface area contributed by atoms with E-state index in [4.69, 9.17) is 4.74 Å². The van der Waals surface area contributed by atoms with Crippen molar-refractivity contribution in [1.82, 2.24) is 5.32 Å². The molecule has 1 aromatic rings. The van der Waals surface area contributed by atoms with Crippen LogP contribution in [0.4, 0.5) is 11.4 Å². The maximum atomic E-state index is 11.7. The van der Waals surface area contributed by atoms with Crippen molar-refractivity contribution < 1.29 is 14.3 Å². The van der Waals surface area contributed by atoms with Crippen LogP contribution in [0.3, 0.4) is 0 Å². The SMILES string of the molecule is COCCNCCC(=O)Nc1ccc(NC(C)=O)cc1. The summed E-state index contributed by atoms with van der Waals surface area (Å²) in [5.74, 6) is -0.175. The van der Waals surface area contributed by atoms with Crippen molar-refractivity contribution in [3.8, 4) is 0 Å². The molecule has 2 amide bonds. The molecular formula is C14H21N3O3. The molecule has 0 aliphatic heterocycles. The highest BCUT2D eigenvalue weighted by molar-refractivity contribution is 5.92. The van der Waals surface area contributed by atoms with Crippen molar-refractivity contribution in [3.63, 3.8) is 0 Å². The lowest BCUT2D eigenvalue weighted by atomic mass is 10.2. The van der Waals surface area contributed by atoms with Crippen LogP contribution in [0.15, 0.2) is 24.3 Å². The Labute approximate surface area is 118 Å². The van der Waals surface area contributed by atoms with E-state index in [0.717, 1.165) is 6.54 Å². The lowest BCUT2D eigenvalue weighted by Gasteiger charge is -2.07. The molecule has 1 rings (SSSR count). The van der Waals surface area contributed by atoms with E-state index >= 15 is 0 Å². The Kier molecular flexibility index (Phi) is 7.31. The predicted octanol–water partition coefficient (Wildman–Crippen LogP) is 1.21. The molecule has 0 fully saturated rings. The normalized spacial score (nSPS) is 10.1. The molecule has 0 saturated heterocycles. The number of hydrogen-bond donors (Lipinski definition) is 3. The van der Waals surface area contributed by atoms with E-state index in [0.29, 0.717) is 30.9 Å². The molecule has 0 saturated carbocycles. The summed E-state index contributed by atoms with van der Waals surface area (Å²) in [6.07, 6.45) is 0.400. The van der Waals surface area contributed by atoms with Crippen LogP contribution in [0.2, 0.25) is 0 Å². The van der Waals surface area contributed by atoms with Crippen molar-refractivity contribution in [3.05, 3.63) is 24.3 Å². The van der Waals surface area contributed by atoms with E-state index in [1.165, 1.54) is 6.92 Å². The summed E-state index contributed by atoms with van der Waals surface area (Å²) >= 11 is 0. The number of benzene rings is 1. The van der Waals surface area contributed by atoms with Gasteiger partial charge in [-0.1, -0.05) is 0 Å². The zero-order valence-corrected chi connectivity index (χ0v) is 11.9. The number of hydrogen-bond acceptors (Lipinski definition) is 4. The molecule has 1 aromatic carbocycles. The molecule has 6 heteroatoms. The molecule has 0 aliphatic rings. The zero-order chi connectivity index (χ0) is 14.8. The van der Waals surface area contributed by atoms with Gasteiger partial charge in [-0.25, -0.2) is 0 Å². The lowest BCUT2D eigenvalue weighted by Crippen LogP contribution is -2.24. The Morgan fingerprint density at radius 3 is 2.20 bits per heavy atom. The molecule has 20 heavy (non-hydrogen) atoms. The molecule has 6 nitrogen and oxygen atoms in total. The van der Waals surface area contributed by atoms with Gasteiger partial charge in [-0.2, -0.15) is 0 Å². The first-order valence-electron chi connectivity index (χ1n) is 6.49. The van der Waals surface area contributed by atoms with Gasteiger partial charge in [0.15, 0.2) is 0 Å². The number of rotatable bonds is 8. The highest BCUT2D eigenvalue weighted by Crippen LogP contribution is 2.13. The first-order chi connectivity index (χ1) is 9.61. The van der Waals surface area contributed by atoms with E-state index in [9.17, 15) is 9.59 Å². The van der Waals surface area contributed by atoms with Crippen LogP contribution < -0.4 is 16.0 Å². The number of carbonyl (C=O) groups is 2.